The summed E-state index contributed by atoms with van der Waals surface area (Å²) in [6.07, 6.45) is 2.30. The molecule has 0 saturated carbocycles. The van der Waals surface area contributed by atoms with Crippen molar-refractivity contribution in [2.24, 2.45) is 0 Å². The van der Waals surface area contributed by atoms with Crippen LogP contribution in [0, 0.1) is 5.82 Å². The zero-order valence-electron chi connectivity index (χ0n) is 4.37. The van der Waals surface area contributed by atoms with E-state index in [0.29, 0.717) is 0 Å². The van der Waals surface area contributed by atoms with Crippen LogP contribution in [0.5, 0.6) is 0 Å². The Labute approximate surface area is 56.9 Å². The van der Waals surface area contributed by atoms with E-state index in [9.17, 15) is 4.39 Å². The van der Waals surface area contributed by atoms with Gasteiger partial charge in [-0.25, -0.2) is 14.4 Å². The summed E-state index contributed by atoms with van der Waals surface area (Å²) in [7, 11) is 0. The van der Waals surface area contributed by atoms with Crippen molar-refractivity contribution in [3.63, 3.8) is 0 Å². The van der Waals surface area contributed by atoms with Gasteiger partial charge in [0.2, 0.25) is 0 Å². The Hall–Kier alpha value is -0.840. The van der Waals surface area contributed by atoms with Crippen molar-refractivity contribution < 1.29 is 4.39 Å². The number of anilines is 1. The van der Waals surface area contributed by atoms with Crippen LogP contribution in [-0.2, 0) is 0 Å². The summed E-state index contributed by atoms with van der Waals surface area (Å²) in [4.78, 5) is 6.96. The van der Waals surface area contributed by atoms with Gasteiger partial charge < -0.3 is 4.72 Å². The van der Waals surface area contributed by atoms with Crippen LogP contribution in [0.4, 0.5) is 10.2 Å². The zero-order chi connectivity index (χ0) is 6.69. The largest absolute Gasteiger partial charge is 0.314 e. The molecule has 1 N–H and O–H groups in total. The fourth-order valence-corrected chi connectivity index (χ4v) is 0.559. The molecule has 0 amide bonds. The third-order valence-electron chi connectivity index (χ3n) is 0.774. The van der Waals surface area contributed by atoms with Gasteiger partial charge >= 0.3 is 0 Å². The summed E-state index contributed by atoms with van der Waals surface area (Å²) in [6.45, 7) is 0. The van der Waals surface area contributed by atoms with E-state index in [-0.39, 0.29) is 5.82 Å². The molecule has 0 radical (unpaired) electrons. The van der Waals surface area contributed by atoms with E-state index in [2.05, 4.69) is 27.5 Å². The highest BCUT2D eigenvalue weighted by Crippen LogP contribution is 2.06. The van der Waals surface area contributed by atoms with Crippen LogP contribution in [0.2, 0.25) is 0 Å². The maximum absolute atomic E-state index is 12.4. The van der Waals surface area contributed by atoms with Crippen molar-refractivity contribution in [1.82, 2.24) is 9.97 Å². The van der Waals surface area contributed by atoms with E-state index in [4.69, 9.17) is 0 Å². The predicted molar refractivity (Wildman–Crippen MR) is 34.6 cm³/mol. The van der Waals surface area contributed by atoms with E-state index in [1.54, 1.807) is 0 Å². The molecular weight excluding hydrogens is 141 g/mol. The van der Waals surface area contributed by atoms with E-state index in [1.165, 1.54) is 6.33 Å². The molecule has 0 aliphatic carbocycles. The molecule has 3 nitrogen and oxygen atoms in total. The molecule has 48 valence electrons. The number of hydrogen-bond acceptors (Lipinski definition) is 4. The highest BCUT2D eigenvalue weighted by molar-refractivity contribution is 7.81. The van der Waals surface area contributed by atoms with Gasteiger partial charge in [-0.05, 0) is 0 Å². The van der Waals surface area contributed by atoms with Gasteiger partial charge in [0.1, 0.15) is 6.33 Å². The number of aromatic nitrogens is 2. The van der Waals surface area contributed by atoms with Gasteiger partial charge in [-0.2, -0.15) is 0 Å². The summed E-state index contributed by atoms with van der Waals surface area (Å²) >= 11 is 3.60. The third kappa shape index (κ3) is 1.29. The molecule has 9 heavy (non-hydrogen) atoms. The maximum atomic E-state index is 12.4. The SMILES string of the molecule is Fc1cncnc1NS. The van der Waals surface area contributed by atoms with Gasteiger partial charge in [-0.1, -0.05) is 12.8 Å². The summed E-state index contributed by atoms with van der Waals surface area (Å²) in [5.41, 5.74) is 0. The average molecular weight is 145 g/mol. The minimum atomic E-state index is -0.507. The van der Waals surface area contributed by atoms with Gasteiger partial charge in [0.15, 0.2) is 11.6 Å². The van der Waals surface area contributed by atoms with Crippen LogP contribution in [0.25, 0.3) is 0 Å². The molecular formula is C4H4FN3S. The summed E-state index contributed by atoms with van der Waals surface area (Å²) in [5.74, 6) is -0.416. The first-order valence-electron chi connectivity index (χ1n) is 2.20. The molecule has 0 aromatic carbocycles. The highest BCUT2D eigenvalue weighted by atomic mass is 32.1. The van der Waals surface area contributed by atoms with Crippen molar-refractivity contribution in [1.29, 1.82) is 0 Å². The van der Waals surface area contributed by atoms with Gasteiger partial charge in [-0.15, -0.1) is 0 Å². The lowest BCUT2D eigenvalue weighted by Crippen LogP contribution is -1.90. The second-order valence-electron chi connectivity index (χ2n) is 1.33. The first kappa shape index (κ1) is 6.28. The van der Waals surface area contributed by atoms with Crippen molar-refractivity contribution in [2.45, 2.75) is 0 Å². The first-order valence-corrected chi connectivity index (χ1v) is 2.65. The van der Waals surface area contributed by atoms with Gasteiger partial charge in [0, 0.05) is 0 Å². The predicted octanol–water partition coefficient (Wildman–Crippen LogP) is 0.872. The fraction of sp³-hybridized carbons (Fsp3) is 0. The normalized spacial score (nSPS) is 9.11. The van der Waals surface area contributed by atoms with E-state index >= 15 is 0 Å². The monoisotopic (exact) mass is 145 g/mol. The lowest BCUT2D eigenvalue weighted by Gasteiger charge is -1.94. The Morgan fingerprint density at radius 3 is 2.89 bits per heavy atom. The molecule has 0 spiro atoms. The Balaban J connectivity index is 3.01. The Kier molecular flexibility index (Phi) is 1.84. The van der Waals surface area contributed by atoms with E-state index < -0.39 is 5.82 Å². The highest BCUT2D eigenvalue weighted by Gasteiger charge is 1.97. The van der Waals surface area contributed by atoms with Crippen LogP contribution < -0.4 is 4.72 Å². The molecule has 0 bridgehead atoms. The van der Waals surface area contributed by atoms with Crippen molar-refractivity contribution >= 4 is 18.6 Å². The standard InChI is InChI=1S/C4H4FN3S/c5-3-1-6-2-7-4(3)8-9/h1-2,9H,(H,6,7,8). The molecule has 0 saturated heterocycles. The van der Waals surface area contributed by atoms with E-state index in [1.807, 2.05) is 0 Å². The summed E-state index contributed by atoms with van der Waals surface area (Å²) in [5, 5.41) is 0. The molecule has 0 unspecified atom stereocenters. The number of halogens is 1. The second kappa shape index (κ2) is 2.63. The smallest absolute Gasteiger partial charge is 0.184 e. The van der Waals surface area contributed by atoms with Gasteiger partial charge in [-0.3, -0.25) is 0 Å². The molecule has 1 heterocycles. The minimum absolute atomic E-state index is 0.0910. The first-order chi connectivity index (χ1) is 4.34. The molecule has 1 aromatic rings. The Bertz CT molecular complexity index is 205. The van der Waals surface area contributed by atoms with Crippen molar-refractivity contribution in [3.8, 4) is 0 Å². The number of hydrogen-bond donors (Lipinski definition) is 2. The Morgan fingerprint density at radius 1 is 1.67 bits per heavy atom. The maximum Gasteiger partial charge on any atom is 0.184 e. The number of thiol groups is 1. The molecule has 1 rings (SSSR count). The molecule has 0 aliphatic rings. The minimum Gasteiger partial charge on any atom is -0.314 e. The molecule has 0 aliphatic heterocycles. The zero-order valence-corrected chi connectivity index (χ0v) is 5.27. The number of nitrogens with zero attached hydrogens (tertiary/aromatic N) is 2. The summed E-state index contributed by atoms with van der Waals surface area (Å²) in [6, 6.07) is 0. The topological polar surface area (TPSA) is 37.8 Å². The van der Waals surface area contributed by atoms with Crippen LogP contribution in [0.15, 0.2) is 12.5 Å². The van der Waals surface area contributed by atoms with Gasteiger partial charge in [0.25, 0.3) is 0 Å². The Morgan fingerprint density at radius 2 is 2.44 bits per heavy atom. The average Bonchev–Trinajstić information content (AvgIpc) is 1.89. The molecule has 0 fully saturated rings. The van der Waals surface area contributed by atoms with Crippen molar-refractivity contribution in [2.75, 3.05) is 4.72 Å². The van der Waals surface area contributed by atoms with Crippen LogP contribution >= 0.6 is 12.8 Å². The van der Waals surface area contributed by atoms with Gasteiger partial charge in [0.05, 0.1) is 6.20 Å². The van der Waals surface area contributed by atoms with Crippen LogP contribution in [0.3, 0.4) is 0 Å². The quantitative estimate of drug-likeness (QED) is 0.576. The number of rotatable bonds is 1. The summed E-state index contributed by atoms with van der Waals surface area (Å²) < 4.78 is 14.6. The fourth-order valence-electron chi connectivity index (χ4n) is 0.395. The third-order valence-corrected chi connectivity index (χ3v) is 0.985. The number of nitrogens with one attached hydrogen (secondary N) is 1. The second-order valence-corrected chi connectivity index (χ2v) is 1.55. The lowest BCUT2D eigenvalue weighted by molar-refractivity contribution is 0.619. The molecule has 0 atom stereocenters. The van der Waals surface area contributed by atoms with Crippen molar-refractivity contribution in [3.05, 3.63) is 18.3 Å². The van der Waals surface area contributed by atoms with Crippen LogP contribution in [0.1, 0.15) is 0 Å². The van der Waals surface area contributed by atoms with Crippen LogP contribution in [-0.4, -0.2) is 9.97 Å². The lowest BCUT2D eigenvalue weighted by atomic mass is 10.6. The molecule has 5 heteroatoms. The molecule has 1 aromatic heterocycles. The van der Waals surface area contributed by atoms with E-state index in [0.717, 1.165) is 6.20 Å².